The Labute approximate surface area is 212 Å². The number of non-ortho nitro benzene ring substituents is 1. The van der Waals surface area contributed by atoms with Crippen molar-refractivity contribution in [2.75, 3.05) is 12.4 Å². The Morgan fingerprint density at radius 1 is 1.15 bits per heavy atom. The van der Waals surface area contributed by atoms with Gasteiger partial charge in [0.05, 0.1) is 16.5 Å². The van der Waals surface area contributed by atoms with Gasteiger partial charge in [0.15, 0.2) is 11.5 Å². The number of carbonyl (C=O) groups is 1. The first kappa shape index (κ1) is 25.0. The second-order valence-electron chi connectivity index (χ2n) is 6.88. The van der Waals surface area contributed by atoms with Crippen LogP contribution in [0.5, 0.6) is 11.5 Å². The summed E-state index contributed by atoms with van der Waals surface area (Å²) < 4.78 is 12.7. The lowest BCUT2D eigenvalue weighted by atomic mass is 10.1. The largest absolute Gasteiger partial charge is 0.493 e. The van der Waals surface area contributed by atoms with E-state index in [4.69, 9.17) is 9.47 Å². The Balaban J connectivity index is 1.78. The van der Waals surface area contributed by atoms with Crippen molar-refractivity contribution < 1.29 is 19.2 Å². The maximum Gasteiger partial charge on any atom is 0.269 e. The number of benzene rings is 3. The second kappa shape index (κ2) is 11.4. The van der Waals surface area contributed by atoms with Crippen LogP contribution >= 0.6 is 31.9 Å². The molecule has 0 unspecified atom stereocenters. The molecule has 0 bridgehead atoms. The zero-order valence-electron chi connectivity index (χ0n) is 17.7. The highest BCUT2D eigenvalue weighted by Crippen LogP contribution is 2.38. The van der Waals surface area contributed by atoms with Crippen molar-refractivity contribution in [3.8, 4) is 17.6 Å². The van der Waals surface area contributed by atoms with Crippen molar-refractivity contribution in [2.24, 2.45) is 0 Å². The minimum absolute atomic E-state index is 0.00359. The van der Waals surface area contributed by atoms with E-state index in [1.807, 2.05) is 6.07 Å². The number of rotatable bonds is 8. The molecule has 1 N–H and O–H groups in total. The molecule has 3 aromatic carbocycles. The van der Waals surface area contributed by atoms with Gasteiger partial charge in [-0.25, -0.2) is 0 Å². The summed E-state index contributed by atoms with van der Waals surface area (Å²) in [4.78, 5) is 22.9. The molecule has 10 heteroatoms. The van der Waals surface area contributed by atoms with Gasteiger partial charge >= 0.3 is 0 Å². The third-order valence-corrected chi connectivity index (χ3v) is 5.68. The molecule has 0 heterocycles. The molecule has 0 saturated carbocycles. The molecule has 0 aliphatic carbocycles. The summed E-state index contributed by atoms with van der Waals surface area (Å²) in [6, 6.07) is 18.3. The summed E-state index contributed by atoms with van der Waals surface area (Å²) in [5.41, 5.74) is 1.75. The van der Waals surface area contributed by atoms with Gasteiger partial charge in [-0.1, -0.05) is 15.9 Å². The van der Waals surface area contributed by atoms with Crippen LogP contribution in [0, 0.1) is 21.4 Å². The minimum atomic E-state index is -0.543. The van der Waals surface area contributed by atoms with E-state index in [1.165, 1.54) is 25.3 Å². The average molecular weight is 587 g/mol. The number of hydrogen-bond acceptors (Lipinski definition) is 6. The van der Waals surface area contributed by atoms with Crippen LogP contribution in [0.15, 0.2) is 75.2 Å². The van der Waals surface area contributed by atoms with Crippen LogP contribution < -0.4 is 14.8 Å². The van der Waals surface area contributed by atoms with E-state index in [0.29, 0.717) is 27.2 Å². The number of nitrogens with zero attached hydrogens (tertiary/aromatic N) is 2. The molecule has 0 radical (unpaired) electrons. The molecule has 0 aromatic heterocycles. The van der Waals surface area contributed by atoms with Crippen molar-refractivity contribution in [1.82, 2.24) is 0 Å². The molecule has 0 aliphatic rings. The quantitative estimate of drug-likeness (QED) is 0.144. The first-order chi connectivity index (χ1) is 16.3. The Bertz CT molecular complexity index is 1280. The van der Waals surface area contributed by atoms with Gasteiger partial charge in [0.25, 0.3) is 11.6 Å². The maximum absolute atomic E-state index is 12.5. The van der Waals surface area contributed by atoms with E-state index >= 15 is 0 Å². The van der Waals surface area contributed by atoms with Crippen molar-refractivity contribution >= 4 is 55.2 Å². The summed E-state index contributed by atoms with van der Waals surface area (Å²) in [6.45, 7) is 0.154. The van der Waals surface area contributed by atoms with E-state index in [1.54, 1.807) is 48.5 Å². The normalized spacial score (nSPS) is 10.8. The number of halogens is 2. The van der Waals surface area contributed by atoms with Gasteiger partial charge in [0, 0.05) is 22.3 Å². The number of nitro benzene ring substituents is 1. The second-order valence-corrected chi connectivity index (χ2v) is 8.65. The van der Waals surface area contributed by atoms with Crippen LogP contribution in [0.1, 0.15) is 11.1 Å². The minimum Gasteiger partial charge on any atom is -0.493 e. The first-order valence-corrected chi connectivity index (χ1v) is 11.3. The molecule has 0 aliphatic heterocycles. The van der Waals surface area contributed by atoms with Crippen LogP contribution in [-0.2, 0) is 11.4 Å². The molecule has 0 atom stereocenters. The highest BCUT2D eigenvalue weighted by Gasteiger charge is 2.15. The van der Waals surface area contributed by atoms with Gasteiger partial charge in [-0.2, -0.15) is 5.26 Å². The van der Waals surface area contributed by atoms with E-state index in [9.17, 15) is 20.2 Å². The Morgan fingerprint density at radius 3 is 2.41 bits per heavy atom. The fourth-order valence-corrected chi connectivity index (χ4v) is 3.72. The van der Waals surface area contributed by atoms with Gasteiger partial charge < -0.3 is 14.8 Å². The van der Waals surface area contributed by atoms with Crippen molar-refractivity contribution in [1.29, 1.82) is 5.26 Å². The number of amides is 1. The predicted octanol–water partition coefficient (Wildman–Crippen LogP) is 6.25. The van der Waals surface area contributed by atoms with Crippen LogP contribution in [0.2, 0.25) is 0 Å². The van der Waals surface area contributed by atoms with Gasteiger partial charge in [0.1, 0.15) is 18.2 Å². The smallest absolute Gasteiger partial charge is 0.269 e. The van der Waals surface area contributed by atoms with E-state index in [-0.39, 0.29) is 17.9 Å². The van der Waals surface area contributed by atoms with Crippen LogP contribution in [0.25, 0.3) is 6.08 Å². The molecule has 0 fully saturated rings. The molecule has 3 aromatic rings. The molecule has 1 amide bonds. The van der Waals surface area contributed by atoms with Crippen LogP contribution in [0.4, 0.5) is 11.4 Å². The summed E-state index contributed by atoms with van der Waals surface area (Å²) in [5, 5.41) is 23.0. The molecule has 0 spiro atoms. The Morgan fingerprint density at radius 2 is 1.82 bits per heavy atom. The number of nitrogens with one attached hydrogen (secondary N) is 1. The zero-order valence-corrected chi connectivity index (χ0v) is 20.9. The summed E-state index contributed by atoms with van der Waals surface area (Å²) in [5.74, 6) is 0.252. The van der Waals surface area contributed by atoms with Crippen LogP contribution in [-0.4, -0.2) is 17.9 Å². The lowest BCUT2D eigenvalue weighted by molar-refractivity contribution is -0.384. The molecule has 172 valence electrons. The number of hydrogen-bond donors (Lipinski definition) is 1. The van der Waals surface area contributed by atoms with Gasteiger partial charge in [-0.3, -0.25) is 14.9 Å². The molecular weight excluding hydrogens is 570 g/mol. The standard InChI is InChI=1S/C24H17Br2N3O5/c1-33-22-12-16(10-17(13-27)24(30)28-19-6-4-18(25)5-7-19)11-21(26)23(22)34-14-15-2-8-20(9-3-15)29(31)32/h2-12H,14H2,1H3,(H,28,30)/b17-10-. The van der Waals surface area contributed by atoms with E-state index < -0.39 is 10.8 Å². The highest BCUT2D eigenvalue weighted by molar-refractivity contribution is 9.10. The topological polar surface area (TPSA) is 114 Å². The van der Waals surface area contributed by atoms with E-state index in [2.05, 4.69) is 37.2 Å². The van der Waals surface area contributed by atoms with Gasteiger partial charge in [0.2, 0.25) is 0 Å². The van der Waals surface area contributed by atoms with E-state index in [0.717, 1.165) is 10.0 Å². The number of carbonyl (C=O) groups excluding carboxylic acids is 1. The Hall–Kier alpha value is -3.68. The monoisotopic (exact) mass is 585 g/mol. The number of anilines is 1. The highest BCUT2D eigenvalue weighted by atomic mass is 79.9. The Kier molecular flexibility index (Phi) is 8.40. The van der Waals surface area contributed by atoms with Crippen molar-refractivity contribution in [2.45, 2.75) is 6.61 Å². The number of methoxy groups -OCH3 is 1. The average Bonchev–Trinajstić information content (AvgIpc) is 2.83. The van der Waals surface area contributed by atoms with Crippen LogP contribution in [0.3, 0.4) is 0 Å². The molecule has 0 saturated heterocycles. The number of nitriles is 1. The molecule has 8 nitrogen and oxygen atoms in total. The lowest BCUT2D eigenvalue weighted by Crippen LogP contribution is -2.13. The molecular formula is C24H17Br2N3O5. The van der Waals surface area contributed by atoms with Gasteiger partial charge in [-0.05, 0) is 81.7 Å². The summed E-state index contributed by atoms with van der Waals surface area (Å²) in [6.07, 6.45) is 1.45. The van der Waals surface area contributed by atoms with Gasteiger partial charge in [-0.15, -0.1) is 0 Å². The molecule has 34 heavy (non-hydrogen) atoms. The third-order valence-electron chi connectivity index (χ3n) is 4.56. The van der Waals surface area contributed by atoms with Crippen molar-refractivity contribution in [3.05, 3.63) is 96.4 Å². The fourth-order valence-electron chi connectivity index (χ4n) is 2.88. The molecule has 3 rings (SSSR count). The van der Waals surface area contributed by atoms with Crippen molar-refractivity contribution in [3.63, 3.8) is 0 Å². The third kappa shape index (κ3) is 6.43. The number of ether oxygens (including phenoxy) is 2. The predicted molar refractivity (Wildman–Crippen MR) is 134 cm³/mol. The SMILES string of the molecule is COc1cc(/C=C(/C#N)C(=O)Nc2ccc(Br)cc2)cc(Br)c1OCc1ccc([N+](=O)[O-])cc1. The number of nitro groups is 1. The fraction of sp³-hybridized carbons (Fsp3) is 0.0833. The summed E-state index contributed by atoms with van der Waals surface area (Å²) >= 11 is 6.77. The maximum atomic E-state index is 12.5. The zero-order chi connectivity index (χ0) is 24.7. The summed E-state index contributed by atoms with van der Waals surface area (Å²) in [7, 11) is 1.47. The first-order valence-electron chi connectivity index (χ1n) is 9.73. The lowest BCUT2D eigenvalue weighted by Gasteiger charge is -2.14.